The Labute approximate surface area is 224 Å². The smallest absolute Gasteiger partial charge is 0.343 e. The average molecular weight is 556 g/mol. The van der Waals surface area contributed by atoms with E-state index in [1.54, 1.807) is 23.3 Å². The van der Waals surface area contributed by atoms with Crippen molar-refractivity contribution in [3.63, 3.8) is 0 Å². The molecule has 10 nitrogen and oxygen atoms in total. The van der Waals surface area contributed by atoms with Gasteiger partial charge in [-0.2, -0.15) is 0 Å². The zero-order valence-electron chi connectivity index (χ0n) is 21.0. The van der Waals surface area contributed by atoms with Crippen molar-refractivity contribution in [1.29, 1.82) is 0 Å². The minimum absolute atomic E-state index is 0.00440. The lowest BCUT2D eigenvalue weighted by Crippen LogP contribution is -2.45. The number of ether oxygens (including phenoxy) is 1. The van der Waals surface area contributed by atoms with Crippen LogP contribution in [-0.2, 0) is 4.74 Å². The molecule has 0 unspecified atom stereocenters. The summed E-state index contributed by atoms with van der Waals surface area (Å²) in [6.07, 6.45) is 1.15. The molecule has 1 aliphatic rings. The van der Waals surface area contributed by atoms with Crippen LogP contribution in [0.3, 0.4) is 0 Å². The van der Waals surface area contributed by atoms with Crippen LogP contribution in [0, 0.1) is 21.7 Å². The average Bonchev–Trinajstić information content (AvgIpc) is 3.41. The molecule has 13 heteroatoms. The molecule has 2 aromatic carbocycles. The van der Waals surface area contributed by atoms with E-state index in [-0.39, 0.29) is 34.0 Å². The van der Waals surface area contributed by atoms with Gasteiger partial charge in [-0.05, 0) is 20.0 Å². The van der Waals surface area contributed by atoms with Crippen molar-refractivity contribution in [3.05, 3.63) is 79.4 Å². The molecule has 5 rings (SSSR count). The first-order chi connectivity index (χ1) is 18.7. The predicted octanol–water partition coefficient (Wildman–Crippen LogP) is 4.23. The lowest BCUT2D eigenvalue weighted by molar-refractivity contribution is -0.384. The van der Waals surface area contributed by atoms with Crippen LogP contribution in [0.5, 0.6) is 0 Å². The normalized spacial score (nSPS) is 14.1. The first kappa shape index (κ1) is 26.4. The highest BCUT2D eigenvalue weighted by Gasteiger charge is 2.28. The number of aromatic nitrogens is 2. The number of non-ortho nitro benzene ring substituents is 1. The number of rotatable bonds is 6. The molecule has 202 valence electrons. The fraction of sp³-hybridized carbons (Fsp3) is 0.269. The zero-order chi connectivity index (χ0) is 27.8. The van der Waals surface area contributed by atoms with E-state index in [1.165, 1.54) is 22.8 Å². The van der Waals surface area contributed by atoms with Crippen LogP contribution in [0.1, 0.15) is 17.3 Å². The standard InChI is InChI=1S/C26H23F2N5O5S/c1-3-38-25(35)18-13-32(26-29-20(14-39-26)15-5-4-6-16(11-15)33(36)37)22-17(24(18)34)12-19(27)23(21(22)28)31-9-7-30(2)8-10-31/h4-6,11-14H,3,7-10H2,1-2H3. The summed E-state index contributed by atoms with van der Waals surface area (Å²) in [5.41, 5.74) is -1.07. The number of hydrogen-bond donors (Lipinski definition) is 0. The van der Waals surface area contributed by atoms with Crippen molar-refractivity contribution in [3.8, 4) is 16.4 Å². The number of hydrogen-bond acceptors (Lipinski definition) is 9. The van der Waals surface area contributed by atoms with E-state index in [9.17, 15) is 19.7 Å². The third-order valence-electron chi connectivity index (χ3n) is 6.52. The molecular weight excluding hydrogens is 532 g/mol. The number of likely N-dealkylation sites (N-methyl/N-ethyl adjacent to an activating group) is 1. The van der Waals surface area contributed by atoms with Crippen molar-refractivity contribution in [2.45, 2.75) is 6.92 Å². The van der Waals surface area contributed by atoms with E-state index in [0.717, 1.165) is 23.6 Å². The van der Waals surface area contributed by atoms with E-state index >= 15 is 8.78 Å². The highest BCUT2D eigenvalue weighted by atomic mass is 32.1. The summed E-state index contributed by atoms with van der Waals surface area (Å²) in [5.74, 6) is -2.79. The minimum atomic E-state index is -0.950. The Kier molecular flexibility index (Phi) is 7.10. The van der Waals surface area contributed by atoms with E-state index in [0.29, 0.717) is 37.4 Å². The van der Waals surface area contributed by atoms with Gasteiger partial charge in [-0.15, -0.1) is 11.3 Å². The number of esters is 1. The molecule has 1 saturated heterocycles. The lowest BCUT2D eigenvalue weighted by atomic mass is 10.1. The van der Waals surface area contributed by atoms with Gasteiger partial charge in [0, 0.05) is 55.5 Å². The fourth-order valence-corrected chi connectivity index (χ4v) is 5.33. The van der Waals surface area contributed by atoms with Crippen molar-refractivity contribution in [2.24, 2.45) is 0 Å². The Hall–Kier alpha value is -4.23. The molecular formula is C26H23F2N5O5S. The second kappa shape index (κ2) is 10.5. The number of nitrogens with zero attached hydrogens (tertiary/aromatic N) is 5. The summed E-state index contributed by atoms with van der Waals surface area (Å²) in [7, 11) is 1.92. The van der Waals surface area contributed by atoms with Gasteiger partial charge < -0.3 is 14.5 Å². The molecule has 0 amide bonds. The summed E-state index contributed by atoms with van der Waals surface area (Å²) >= 11 is 1.07. The maximum Gasteiger partial charge on any atom is 0.343 e. The van der Waals surface area contributed by atoms with Crippen molar-refractivity contribution in [2.75, 3.05) is 44.7 Å². The first-order valence-electron chi connectivity index (χ1n) is 12.1. The molecule has 0 radical (unpaired) electrons. The predicted molar refractivity (Wildman–Crippen MR) is 143 cm³/mol. The minimum Gasteiger partial charge on any atom is -0.462 e. The molecule has 39 heavy (non-hydrogen) atoms. The molecule has 1 aliphatic heterocycles. The van der Waals surface area contributed by atoms with Crippen LogP contribution >= 0.6 is 11.3 Å². The van der Waals surface area contributed by atoms with Gasteiger partial charge in [0.1, 0.15) is 17.1 Å². The summed E-state index contributed by atoms with van der Waals surface area (Å²) in [4.78, 5) is 44.7. The van der Waals surface area contributed by atoms with Crippen LogP contribution in [0.15, 0.2) is 46.7 Å². The molecule has 4 aromatic rings. The number of nitro groups is 1. The molecule has 0 atom stereocenters. The number of piperazine rings is 1. The number of thiazole rings is 1. The van der Waals surface area contributed by atoms with Crippen molar-refractivity contribution in [1.82, 2.24) is 14.5 Å². The molecule has 0 N–H and O–H groups in total. The van der Waals surface area contributed by atoms with Gasteiger partial charge in [0.05, 0.1) is 28.1 Å². The van der Waals surface area contributed by atoms with Crippen molar-refractivity contribution >= 4 is 39.6 Å². The van der Waals surface area contributed by atoms with Crippen LogP contribution in [0.2, 0.25) is 0 Å². The Balaban J connectivity index is 1.73. The number of pyridine rings is 1. The van der Waals surface area contributed by atoms with Crippen LogP contribution < -0.4 is 10.3 Å². The second-order valence-electron chi connectivity index (χ2n) is 8.99. The number of fused-ring (bicyclic) bond motifs is 1. The zero-order valence-corrected chi connectivity index (χ0v) is 21.8. The number of halogens is 2. The molecule has 3 heterocycles. The maximum atomic E-state index is 16.2. The Morgan fingerprint density at radius 2 is 1.95 bits per heavy atom. The van der Waals surface area contributed by atoms with E-state index in [1.807, 2.05) is 11.9 Å². The van der Waals surface area contributed by atoms with Gasteiger partial charge in [0.15, 0.2) is 10.9 Å². The third kappa shape index (κ3) is 4.86. The van der Waals surface area contributed by atoms with Gasteiger partial charge in [0.25, 0.3) is 5.69 Å². The number of carbonyl (C=O) groups is 1. The molecule has 0 saturated carbocycles. The van der Waals surface area contributed by atoms with E-state index in [4.69, 9.17) is 4.74 Å². The molecule has 2 aromatic heterocycles. The van der Waals surface area contributed by atoms with Crippen LogP contribution in [-0.4, -0.2) is 65.2 Å². The molecule has 1 fully saturated rings. The van der Waals surface area contributed by atoms with Crippen LogP contribution in [0.4, 0.5) is 20.2 Å². The monoisotopic (exact) mass is 555 g/mol. The lowest BCUT2D eigenvalue weighted by Gasteiger charge is -2.34. The quantitative estimate of drug-likeness (QED) is 0.198. The largest absolute Gasteiger partial charge is 0.462 e. The first-order valence-corrected chi connectivity index (χ1v) is 13.0. The van der Waals surface area contributed by atoms with Crippen molar-refractivity contribution < 1.29 is 23.2 Å². The molecule has 0 aliphatic carbocycles. The Morgan fingerprint density at radius 1 is 1.21 bits per heavy atom. The maximum absolute atomic E-state index is 16.2. The number of benzene rings is 2. The highest BCUT2D eigenvalue weighted by Crippen LogP contribution is 2.34. The summed E-state index contributed by atoms with van der Waals surface area (Å²) in [5, 5.41) is 12.7. The number of nitro benzene ring substituents is 1. The van der Waals surface area contributed by atoms with E-state index < -0.39 is 33.5 Å². The third-order valence-corrected chi connectivity index (χ3v) is 7.36. The molecule has 0 bridgehead atoms. The summed E-state index contributed by atoms with van der Waals surface area (Å²) in [6, 6.07) is 6.81. The van der Waals surface area contributed by atoms with Gasteiger partial charge in [-0.25, -0.2) is 18.6 Å². The fourth-order valence-electron chi connectivity index (χ4n) is 4.52. The number of anilines is 1. The molecule has 0 spiro atoms. The Morgan fingerprint density at radius 3 is 2.64 bits per heavy atom. The number of carbonyl (C=O) groups excluding carboxylic acids is 1. The van der Waals surface area contributed by atoms with E-state index in [2.05, 4.69) is 4.98 Å². The van der Waals surface area contributed by atoms with Gasteiger partial charge in [0.2, 0.25) is 5.43 Å². The topological polar surface area (TPSA) is 111 Å². The van der Waals surface area contributed by atoms with Gasteiger partial charge in [-0.1, -0.05) is 12.1 Å². The second-order valence-corrected chi connectivity index (χ2v) is 9.83. The Bertz CT molecular complexity index is 1660. The van der Waals surface area contributed by atoms with Gasteiger partial charge in [-0.3, -0.25) is 19.5 Å². The van der Waals surface area contributed by atoms with Crippen LogP contribution in [0.25, 0.3) is 27.3 Å². The summed E-state index contributed by atoms with van der Waals surface area (Å²) in [6.45, 7) is 3.54. The SMILES string of the molecule is CCOC(=O)c1cn(-c2nc(-c3cccc([N+](=O)[O-])c3)cs2)c2c(F)c(N3CCN(C)CC3)c(F)cc2c1=O. The highest BCUT2D eigenvalue weighted by molar-refractivity contribution is 7.12. The van der Waals surface area contributed by atoms with Gasteiger partial charge >= 0.3 is 5.97 Å². The summed E-state index contributed by atoms with van der Waals surface area (Å²) < 4.78 is 37.8.